The number of carbonyl (C=O) groups is 2. The van der Waals surface area contributed by atoms with Gasteiger partial charge >= 0.3 is 0 Å². The first kappa shape index (κ1) is 22.8. The second kappa shape index (κ2) is 10.5. The molecule has 1 atom stereocenters. The third-order valence-corrected chi connectivity index (χ3v) is 7.01. The van der Waals surface area contributed by atoms with Crippen molar-refractivity contribution >= 4 is 22.8 Å². The van der Waals surface area contributed by atoms with Gasteiger partial charge < -0.3 is 14.6 Å². The van der Waals surface area contributed by atoms with Gasteiger partial charge in [-0.1, -0.05) is 12.5 Å². The van der Waals surface area contributed by atoms with Crippen molar-refractivity contribution < 1.29 is 14.0 Å². The Morgan fingerprint density at radius 2 is 1.84 bits per heavy atom. The van der Waals surface area contributed by atoms with Gasteiger partial charge in [-0.2, -0.15) is 0 Å². The predicted octanol–water partition coefficient (Wildman–Crippen LogP) is 3.97. The monoisotopic (exact) mass is 439 g/mol. The minimum absolute atomic E-state index is 0.168. The fourth-order valence-electron chi connectivity index (χ4n) is 5.38. The van der Waals surface area contributed by atoms with E-state index in [-0.39, 0.29) is 11.8 Å². The summed E-state index contributed by atoms with van der Waals surface area (Å²) in [7, 11) is 0. The number of fused-ring (bicyclic) bond motifs is 2. The molecule has 6 nitrogen and oxygen atoms in total. The van der Waals surface area contributed by atoms with E-state index in [1.54, 1.807) is 6.26 Å². The van der Waals surface area contributed by atoms with Crippen LogP contribution in [0.4, 0.5) is 0 Å². The Hall–Kier alpha value is -2.34. The molecule has 1 aromatic carbocycles. The van der Waals surface area contributed by atoms with Crippen LogP contribution in [-0.4, -0.2) is 60.4 Å². The summed E-state index contributed by atoms with van der Waals surface area (Å²) in [5.74, 6) is 0.341. The zero-order chi connectivity index (χ0) is 22.5. The fraction of sp³-hybridized carbons (Fsp3) is 0.615. The number of amides is 2. The van der Waals surface area contributed by atoms with Crippen molar-refractivity contribution in [3.63, 3.8) is 0 Å². The molecule has 0 radical (unpaired) electrons. The highest BCUT2D eigenvalue weighted by atomic mass is 16.3. The number of hydrogen-bond acceptors (Lipinski definition) is 4. The van der Waals surface area contributed by atoms with Crippen LogP contribution in [0.5, 0.6) is 0 Å². The van der Waals surface area contributed by atoms with E-state index in [4.69, 9.17) is 4.42 Å². The largest absolute Gasteiger partial charge is 0.464 e. The molecular weight excluding hydrogens is 402 g/mol. The average Bonchev–Trinajstić information content (AvgIpc) is 3.15. The summed E-state index contributed by atoms with van der Waals surface area (Å²) in [4.78, 5) is 30.1. The third kappa shape index (κ3) is 5.52. The Morgan fingerprint density at radius 1 is 1.06 bits per heavy atom. The van der Waals surface area contributed by atoms with Gasteiger partial charge in [0.2, 0.25) is 11.8 Å². The van der Waals surface area contributed by atoms with Gasteiger partial charge in [0.05, 0.1) is 12.7 Å². The molecule has 3 heterocycles. The molecule has 0 bridgehead atoms. The molecule has 1 N–H and O–H groups in total. The predicted molar refractivity (Wildman–Crippen MR) is 127 cm³/mol. The van der Waals surface area contributed by atoms with Gasteiger partial charge in [0.1, 0.15) is 5.58 Å². The number of benzene rings is 1. The van der Waals surface area contributed by atoms with E-state index in [2.05, 4.69) is 30.1 Å². The first-order chi connectivity index (χ1) is 15.5. The van der Waals surface area contributed by atoms with Crippen molar-refractivity contribution in [1.82, 2.24) is 15.1 Å². The van der Waals surface area contributed by atoms with Crippen LogP contribution in [0.25, 0.3) is 11.0 Å². The maximum absolute atomic E-state index is 13.3. The van der Waals surface area contributed by atoms with Crippen LogP contribution in [0, 0.1) is 13.8 Å². The fourth-order valence-corrected chi connectivity index (χ4v) is 5.38. The lowest BCUT2D eigenvalue weighted by atomic mass is 9.98. The standard InChI is InChI=1S/C26H37N3O3/c1-19-14-20(2)26-21(18-32-23(26)15-19)16-25(31)29-11-6-4-9-27-24(30)17-22-8-3-5-10-28(22)12-7-13-29/h14-15,18,22H,3-13,16-17H2,1-2H3,(H,27,30). The minimum atomic E-state index is 0.168. The summed E-state index contributed by atoms with van der Waals surface area (Å²) in [5.41, 5.74) is 4.17. The summed E-state index contributed by atoms with van der Waals surface area (Å²) in [6.07, 6.45) is 9.00. The van der Waals surface area contributed by atoms with Crippen LogP contribution in [0.3, 0.4) is 0 Å². The summed E-state index contributed by atoms with van der Waals surface area (Å²) in [6, 6.07) is 4.53. The van der Waals surface area contributed by atoms with Crippen molar-refractivity contribution in [1.29, 1.82) is 0 Å². The van der Waals surface area contributed by atoms with Crippen molar-refractivity contribution in [3.05, 3.63) is 35.1 Å². The number of nitrogens with one attached hydrogen (secondary N) is 1. The average molecular weight is 440 g/mol. The lowest BCUT2D eigenvalue weighted by Crippen LogP contribution is -2.44. The number of aryl methyl sites for hydroxylation is 2. The van der Waals surface area contributed by atoms with Crippen LogP contribution in [0.1, 0.15) is 61.6 Å². The maximum atomic E-state index is 13.3. The molecular formula is C26H37N3O3. The normalized spacial score (nSPS) is 21.9. The molecule has 0 saturated carbocycles. The minimum Gasteiger partial charge on any atom is -0.464 e. The highest BCUT2D eigenvalue weighted by Gasteiger charge is 2.25. The van der Waals surface area contributed by atoms with E-state index in [9.17, 15) is 9.59 Å². The lowest BCUT2D eigenvalue weighted by molar-refractivity contribution is -0.130. The molecule has 2 aliphatic rings. The van der Waals surface area contributed by atoms with Gasteiger partial charge in [-0.05, 0) is 69.7 Å². The van der Waals surface area contributed by atoms with Crippen LogP contribution in [0.15, 0.2) is 22.8 Å². The molecule has 2 amide bonds. The van der Waals surface area contributed by atoms with E-state index >= 15 is 0 Å². The number of furan rings is 1. The van der Waals surface area contributed by atoms with Crippen LogP contribution < -0.4 is 5.32 Å². The number of rotatable bonds is 2. The van der Waals surface area contributed by atoms with Crippen molar-refractivity contribution in [2.45, 2.75) is 71.3 Å². The molecule has 2 saturated heterocycles. The summed E-state index contributed by atoms with van der Waals surface area (Å²) >= 11 is 0. The molecule has 2 aromatic rings. The van der Waals surface area contributed by atoms with E-state index in [0.717, 1.165) is 74.0 Å². The zero-order valence-corrected chi connectivity index (χ0v) is 19.6. The van der Waals surface area contributed by atoms with E-state index in [1.165, 1.54) is 18.4 Å². The molecule has 0 aliphatic carbocycles. The van der Waals surface area contributed by atoms with Crippen molar-refractivity contribution in [3.8, 4) is 0 Å². The number of hydrogen-bond donors (Lipinski definition) is 1. The second-order valence-electron chi connectivity index (χ2n) is 9.57. The molecule has 2 aliphatic heterocycles. The summed E-state index contributed by atoms with van der Waals surface area (Å²) < 4.78 is 5.78. The topological polar surface area (TPSA) is 65.8 Å². The van der Waals surface area contributed by atoms with Gasteiger partial charge in [-0.25, -0.2) is 0 Å². The third-order valence-electron chi connectivity index (χ3n) is 7.01. The first-order valence-electron chi connectivity index (χ1n) is 12.3. The summed E-state index contributed by atoms with van der Waals surface area (Å²) in [6.45, 7) is 8.37. The summed E-state index contributed by atoms with van der Waals surface area (Å²) in [5, 5.41) is 4.16. The molecule has 0 spiro atoms. The molecule has 1 aromatic heterocycles. The quantitative estimate of drug-likeness (QED) is 0.769. The van der Waals surface area contributed by atoms with Gasteiger partial charge in [0, 0.05) is 49.6 Å². The number of nitrogens with zero attached hydrogens (tertiary/aromatic N) is 2. The van der Waals surface area contributed by atoms with E-state index in [1.807, 2.05) is 11.0 Å². The first-order valence-corrected chi connectivity index (χ1v) is 12.3. The van der Waals surface area contributed by atoms with Crippen molar-refractivity contribution in [2.24, 2.45) is 0 Å². The molecule has 1 unspecified atom stereocenters. The number of carbonyl (C=O) groups excluding carboxylic acids is 2. The highest BCUT2D eigenvalue weighted by Crippen LogP contribution is 2.27. The number of piperidine rings is 1. The molecule has 174 valence electrons. The van der Waals surface area contributed by atoms with Gasteiger partial charge in [0.15, 0.2) is 0 Å². The van der Waals surface area contributed by atoms with E-state index in [0.29, 0.717) is 25.4 Å². The van der Waals surface area contributed by atoms with Gasteiger partial charge in [-0.15, -0.1) is 0 Å². The van der Waals surface area contributed by atoms with Crippen molar-refractivity contribution in [2.75, 3.05) is 32.7 Å². The Morgan fingerprint density at radius 3 is 2.72 bits per heavy atom. The SMILES string of the molecule is Cc1cc(C)c2c(CC(=O)N3CCCCNC(=O)CC4CCCCN4CCC3)coc2c1. The second-order valence-corrected chi connectivity index (χ2v) is 9.57. The van der Waals surface area contributed by atoms with E-state index < -0.39 is 0 Å². The van der Waals surface area contributed by atoms with Gasteiger partial charge in [0.25, 0.3) is 0 Å². The molecule has 6 heteroatoms. The Balaban J connectivity index is 1.44. The van der Waals surface area contributed by atoms with Gasteiger partial charge in [-0.3, -0.25) is 14.5 Å². The Bertz CT molecular complexity index is 951. The smallest absolute Gasteiger partial charge is 0.227 e. The molecule has 32 heavy (non-hydrogen) atoms. The molecule has 4 rings (SSSR count). The zero-order valence-electron chi connectivity index (χ0n) is 19.6. The maximum Gasteiger partial charge on any atom is 0.227 e. The van der Waals surface area contributed by atoms with Crippen LogP contribution >= 0.6 is 0 Å². The Kier molecular flexibility index (Phi) is 7.51. The highest BCUT2D eigenvalue weighted by molar-refractivity contribution is 5.90. The Labute approximate surface area is 191 Å². The van der Waals surface area contributed by atoms with Crippen LogP contribution in [-0.2, 0) is 16.0 Å². The molecule has 2 fully saturated rings. The lowest BCUT2D eigenvalue weighted by Gasteiger charge is -2.35. The van der Waals surface area contributed by atoms with Crippen LogP contribution in [0.2, 0.25) is 0 Å².